The lowest BCUT2D eigenvalue weighted by Crippen LogP contribution is -2.42. The molecule has 0 aromatic heterocycles. The summed E-state index contributed by atoms with van der Waals surface area (Å²) in [7, 11) is 0. The molecular weight excluding hydrogens is 303 g/mol. The zero-order valence-electron chi connectivity index (χ0n) is 12.5. The Kier molecular flexibility index (Phi) is 4.83. The summed E-state index contributed by atoms with van der Waals surface area (Å²) in [5.74, 6) is 0.974. The number of halogens is 2. The largest absolute Gasteiger partial charge is 0.385 e. The van der Waals surface area contributed by atoms with E-state index in [9.17, 15) is 5.11 Å². The zero-order valence-corrected chi connectivity index (χ0v) is 14.0. The van der Waals surface area contributed by atoms with Gasteiger partial charge in [-0.25, -0.2) is 0 Å². The van der Waals surface area contributed by atoms with Gasteiger partial charge in [0.15, 0.2) is 0 Å². The number of benzene rings is 1. The highest BCUT2D eigenvalue weighted by atomic mass is 35.5. The summed E-state index contributed by atoms with van der Waals surface area (Å²) in [6.07, 6.45) is 10.7. The van der Waals surface area contributed by atoms with Gasteiger partial charge in [0, 0.05) is 5.56 Å². The van der Waals surface area contributed by atoms with Crippen LogP contribution < -0.4 is 0 Å². The summed E-state index contributed by atoms with van der Waals surface area (Å²) in [5, 5.41) is 12.6. The van der Waals surface area contributed by atoms with E-state index >= 15 is 0 Å². The van der Waals surface area contributed by atoms with Gasteiger partial charge in [0.05, 0.1) is 15.6 Å². The molecule has 0 saturated heterocycles. The predicted octanol–water partition coefficient (Wildman–Crippen LogP) is 5.95. The lowest BCUT2D eigenvalue weighted by molar-refractivity contribution is -0.0834. The molecule has 0 bridgehead atoms. The van der Waals surface area contributed by atoms with Crippen LogP contribution in [0.15, 0.2) is 18.2 Å². The van der Waals surface area contributed by atoms with Gasteiger partial charge >= 0.3 is 0 Å². The highest BCUT2D eigenvalue weighted by molar-refractivity contribution is 6.42. The number of rotatable bonds is 2. The second kappa shape index (κ2) is 6.48. The molecule has 0 amide bonds. The molecule has 2 aliphatic carbocycles. The van der Waals surface area contributed by atoms with Crippen molar-refractivity contribution in [2.24, 2.45) is 11.8 Å². The van der Waals surface area contributed by atoms with Crippen molar-refractivity contribution in [1.82, 2.24) is 0 Å². The first-order valence-corrected chi connectivity index (χ1v) is 9.05. The smallest absolute Gasteiger partial charge is 0.0942 e. The monoisotopic (exact) mass is 326 g/mol. The molecule has 116 valence electrons. The van der Waals surface area contributed by atoms with E-state index < -0.39 is 5.60 Å². The maximum absolute atomic E-state index is 11.5. The van der Waals surface area contributed by atoms with Crippen molar-refractivity contribution in [3.63, 3.8) is 0 Å². The van der Waals surface area contributed by atoms with Crippen molar-refractivity contribution in [3.05, 3.63) is 33.8 Å². The van der Waals surface area contributed by atoms with E-state index in [0.29, 0.717) is 21.9 Å². The highest BCUT2D eigenvalue weighted by Crippen LogP contribution is 2.51. The highest BCUT2D eigenvalue weighted by Gasteiger charge is 2.45. The minimum absolute atomic E-state index is 0.336. The summed E-state index contributed by atoms with van der Waals surface area (Å²) >= 11 is 12.6. The van der Waals surface area contributed by atoms with Crippen LogP contribution in [0, 0.1) is 11.8 Å². The van der Waals surface area contributed by atoms with Crippen molar-refractivity contribution >= 4 is 23.2 Å². The normalized spacial score (nSPS) is 31.3. The molecule has 1 aromatic carbocycles. The van der Waals surface area contributed by atoms with Crippen molar-refractivity contribution in [3.8, 4) is 0 Å². The molecule has 0 heterocycles. The van der Waals surface area contributed by atoms with Gasteiger partial charge in [-0.15, -0.1) is 0 Å². The number of hydrogen-bond acceptors (Lipinski definition) is 1. The first-order valence-electron chi connectivity index (χ1n) is 8.30. The van der Waals surface area contributed by atoms with Gasteiger partial charge in [-0.05, 0) is 30.7 Å². The maximum atomic E-state index is 11.5. The molecule has 3 heteroatoms. The molecule has 0 radical (unpaired) electrons. The molecule has 1 nitrogen and oxygen atoms in total. The Bertz CT molecular complexity index is 496. The lowest BCUT2D eigenvalue weighted by Gasteiger charge is -2.46. The molecule has 0 spiro atoms. The minimum atomic E-state index is -0.789. The summed E-state index contributed by atoms with van der Waals surface area (Å²) in [6, 6.07) is 5.68. The Morgan fingerprint density at radius 3 is 2.43 bits per heavy atom. The molecule has 2 atom stereocenters. The van der Waals surface area contributed by atoms with Gasteiger partial charge < -0.3 is 5.11 Å². The van der Waals surface area contributed by atoms with Crippen LogP contribution in [-0.4, -0.2) is 5.11 Å². The Labute approximate surface area is 137 Å². The third-order valence-corrected chi connectivity index (χ3v) is 6.39. The molecule has 2 fully saturated rings. The van der Waals surface area contributed by atoms with Crippen LogP contribution in [0.3, 0.4) is 0 Å². The maximum Gasteiger partial charge on any atom is 0.0942 e. The lowest BCUT2D eigenvalue weighted by atomic mass is 9.63. The van der Waals surface area contributed by atoms with Gasteiger partial charge in [0.1, 0.15) is 0 Å². The molecule has 3 rings (SSSR count). The van der Waals surface area contributed by atoms with Crippen molar-refractivity contribution < 1.29 is 5.11 Å². The second-order valence-electron chi connectivity index (χ2n) is 6.78. The molecule has 2 aliphatic rings. The second-order valence-corrected chi connectivity index (χ2v) is 7.56. The molecule has 0 aliphatic heterocycles. The van der Waals surface area contributed by atoms with E-state index in [1.807, 2.05) is 12.1 Å². The summed E-state index contributed by atoms with van der Waals surface area (Å²) < 4.78 is 0. The number of hydrogen-bond donors (Lipinski definition) is 1. The van der Waals surface area contributed by atoms with Crippen molar-refractivity contribution in [1.29, 1.82) is 0 Å². The van der Waals surface area contributed by atoms with Crippen molar-refractivity contribution in [2.75, 3.05) is 0 Å². The van der Waals surface area contributed by atoms with Crippen LogP contribution in [-0.2, 0) is 5.60 Å². The standard InChI is InChI=1S/C18H24Cl2O/c19-16-11-6-10-15(17(16)20)18(21)12-5-4-9-14(18)13-7-2-1-3-8-13/h6,10-11,13-14,21H,1-5,7-9,12H2. The molecule has 2 saturated carbocycles. The average Bonchev–Trinajstić information content (AvgIpc) is 2.51. The quantitative estimate of drug-likeness (QED) is 0.711. The fraction of sp³-hybridized carbons (Fsp3) is 0.667. The molecule has 1 N–H and O–H groups in total. The fourth-order valence-corrected chi connectivity index (χ4v) is 4.98. The average molecular weight is 327 g/mol. The first kappa shape index (κ1) is 15.6. The molecule has 1 aromatic rings. The SMILES string of the molecule is OC1(c2cccc(Cl)c2Cl)CCCCC1C1CCCCC1. The summed E-state index contributed by atoms with van der Waals surface area (Å²) in [5.41, 5.74) is 0.0642. The van der Waals surface area contributed by atoms with Gasteiger partial charge in [0.2, 0.25) is 0 Å². The Hall–Kier alpha value is -0.240. The van der Waals surface area contributed by atoms with Crippen LogP contribution in [0.25, 0.3) is 0 Å². The topological polar surface area (TPSA) is 20.2 Å². The van der Waals surface area contributed by atoms with E-state index in [4.69, 9.17) is 23.2 Å². The van der Waals surface area contributed by atoms with Gasteiger partial charge in [-0.2, -0.15) is 0 Å². The summed E-state index contributed by atoms with van der Waals surface area (Å²) in [6.45, 7) is 0. The van der Waals surface area contributed by atoms with Crippen LogP contribution in [0.1, 0.15) is 63.4 Å². The van der Waals surface area contributed by atoms with E-state index in [1.165, 1.54) is 38.5 Å². The Balaban J connectivity index is 1.96. The van der Waals surface area contributed by atoms with E-state index in [2.05, 4.69) is 0 Å². The van der Waals surface area contributed by atoms with Crippen LogP contribution in [0.2, 0.25) is 10.0 Å². The van der Waals surface area contributed by atoms with Crippen LogP contribution in [0.5, 0.6) is 0 Å². The first-order chi connectivity index (χ1) is 10.1. The third kappa shape index (κ3) is 2.98. The minimum Gasteiger partial charge on any atom is -0.385 e. The molecule has 21 heavy (non-hydrogen) atoms. The van der Waals surface area contributed by atoms with Gasteiger partial charge in [-0.3, -0.25) is 0 Å². The third-order valence-electron chi connectivity index (χ3n) is 5.57. The van der Waals surface area contributed by atoms with Gasteiger partial charge in [0.25, 0.3) is 0 Å². The van der Waals surface area contributed by atoms with E-state index in [0.717, 1.165) is 24.8 Å². The molecular formula is C18H24Cl2O. The number of aliphatic hydroxyl groups is 1. The zero-order chi connectivity index (χ0) is 14.9. The van der Waals surface area contributed by atoms with E-state index in [1.54, 1.807) is 6.07 Å². The fourth-order valence-electron chi connectivity index (χ4n) is 4.52. The Morgan fingerprint density at radius 1 is 0.952 bits per heavy atom. The summed E-state index contributed by atoms with van der Waals surface area (Å²) in [4.78, 5) is 0. The molecule has 2 unspecified atom stereocenters. The van der Waals surface area contributed by atoms with Crippen LogP contribution >= 0.6 is 23.2 Å². The van der Waals surface area contributed by atoms with E-state index in [-0.39, 0.29) is 0 Å². The van der Waals surface area contributed by atoms with Crippen molar-refractivity contribution in [2.45, 2.75) is 63.4 Å². The predicted molar refractivity (Wildman–Crippen MR) is 88.9 cm³/mol. The van der Waals surface area contributed by atoms with Crippen LogP contribution in [0.4, 0.5) is 0 Å². The Morgan fingerprint density at radius 2 is 1.67 bits per heavy atom. The van der Waals surface area contributed by atoms with Gasteiger partial charge in [-0.1, -0.05) is 80.3 Å².